The van der Waals surface area contributed by atoms with Gasteiger partial charge in [-0.25, -0.2) is 0 Å². The average Bonchev–Trinajstić information content (AvgIpc) is 3.17. The summed E-state index contributed by atoms with van der Waals surface area (Å²) in [5.74, 6) is 0.213. The molecule has 4 rings (SSSR count). The van der Waals surface area contributed by atoms with Crippen molar-refractivity contribution < 1.29 is 22.7 Å². The summed E-state index contributed by atoms with van der Waals surface area (Å²) in [6, 6.07) is 24.8. The van der Waals surface area contributed by atoms with Crippen LogP contribution in [0.2, 0.25) is 0 Å². The first-order chi connectivity index (χ1) is 16.0. The molecule has 4 nitrogen and oxygen atoms in total. The van der Waals surface area contributed by atoms with Gasteiger partial charge in [0, 0.05) is 18.1 Å². The molecule has 8 heteroatoms. The Morgan fingerprint density at radius 3 is 2.38 bits per heavy atom. The van der Waals surface area contributed by atoms with E-state index in [1.54, 1.807) is 12.1 Å². The van der Waals surface area contributed by atoms with E-state index < -0.39 is 12.8 Å². The van der Waals surface area contributed by atoms with Crippen molar-refractivity contribution in [1.29, 1.82) is 0 Å². The summed E-state index contributed by atoms with van der Waals surface area (Å²) in [4.78, 5) is 6.02. The Balaban J connectivity index is 0.00000324. The fourth-order valence-electron chi connectivity index (χ4n) is 3.61. The van der Waals surface area contributed by atoms with Crippen LogP contribution in [0.5, 0.6) is 5.75 Å². The Hall–Kier alpha value is -3.16. The molecule has 0 fully saturated rings. The molecule has 1 N–H and O–H groups in total. The largest absolute Gasteiger partial charge is 0.484 e. The second-order valence-corrected chi connectivity index (χ2v) is 7.73. The van der Waals surface area contributed by atoms with Gasteiger partial charge < -0.3 is 14.9 Å². The fourth-order valence-corrected chi connectivity index (χ4v) is 3.61. The van der Waals surface area contributed by atoms with Crippen LogP contribution in [0.1, 0.15) is 16.7 Å². The second-order valence-electron chi connectivity index (χ2n) is 7.73. The van der Waals surface area contributed by atoms with Crippen LogP contribution < -0.4 is 14.9 Å². The number of nitrogens with one attached hydrogen (secondary N) is 1. The smallest absolute Gasteiger partial charge is 0.422 e. The molecule has 0 bridgehead atoms. The minimum atomic E-state index is -4.35. The van der Waals surface area contributed by atoms with E-state index in [1.165, 1.54) is 6.07 Å². The van der Waals surface area contributed by atoms with Crippen molar-refractivity contribution in [1.82, 2.24) is 10.0 Å². The van der Waals surface area contributed by atoms with Gasteiger partial charge in [-0.15, -0.1) is 12.4 Å². The van der Waals surface area contributed by atoms with Crippen LogP contribution in [0.3, 0.4) is 0 Å². The number of alkyl halides is 3. The lowest BCUT2D eigenvalue weighted by molar-refractivity contribution is -0.153. The minimum absolute atomic E-state index is 0. The van der Waals surface area contributed by atoms with Gasteiger partial charge in [0.1, 0.15) is 12.4 Å². The summed E-state index contributed by atoms with van der Waals surface area (Å²) in [5.41, 5.74) is 4.13. The van der Waals surface area contributed by atoms with Gasteiger partial charge in [-0.05, 0) is 47.9 Å². The Morgan fingerprint density at radius 2 is 1.59 bits per heavy atom. The molecule has 0 atom stereocenters. The van der Waals surface area contributed by atoms with Crippen LogP contribution in [-0.2, 0) is 19.6 Å². The summed E-state index contributed by atoms with van der Waals surface area (Å²) in [6.45, 7) is 0.428. The van der Waals surface area contributed by atoms with Gasteiger partial charge in [0.2, 0.25) is 0 Å². The number of halogens is 4. The Morgan fingerprint density at radius 1 is 0.853 bits per heavy atom. The molecule has 34 heavy (non-hydrogen) atoms. The predicted octanol–water partition coefficient (Wildman–Crippen LogP) is 5.97. The lowest BCUT2D eigenvalue weighted by Gasteiger charge is -2.10. The zero-order valence-electron chi connectivity index (χ0n) is 18.4. The highest BCUT2D eigenvalue weighted by molar-refractivity contribution is 5.85. The lowest BCUT2D eigenvalue weighted by Crippen LogP contribution is -2.19. The van der Waals surface area contributed by atoms with E-state index in [0.717, 1.165) is 34.0 Å². The monoisotopic (exact) mass is 490 g/mol. The highest BCUT2D eigenvalue weighted by atomic mass is 35.5. The number of aromatic nitrogens is 1. The van der Waals surface area contributed by atoms with Crippen molar-refractivity contribution >= 4 is 23.3 Å². The lowest BCUT2D eigenvalue weighted by atomic mass is 10.1. The number of benzene rings is 3. The Kier molecular flexibility index (Phi) is 8.85. The molecule has 0 saturated heterocycles. The van der Waals surface area contributed by atoms with Gasteiger partial charge in [0.25, 0.3) is 0 Å². The van der Waals surface area contributed by atoms with Crippen LogP contribution >= 0.6 is 12.4 Å². The highest BCUT2D eigenvalue weighted by Crippen LogP contribution is 2.22. The SMILES string of the molecule is Cl.FC(F)(F)COc1cccc(CNCCc2cn(OCc3ccccc3)c3ccccc23)c1. The summed E-state index contributed by atoms with van der Waals surface area (Å²) in [7, 11) is 0. The number of hydrogen-bond acceptors (Lipinski definition) is 3. The normalized spacial score (nSPS) is 11.3. The van der Waals surface area contributed by atoms with Crippen LogP contribution in [0, 0.1) is 0 Å². The zero-order chi connectivity index (χ0) is 23.1. The van der Waals surface area contributed by atoms with Gasteiger partial charge >= 0.3 is 6.18 Å². The molecule has 1 heterocycles. The number of rotatable bonds is 10. The first kappa shape index (κ1) is 25.5. The van der Waals surface area contributed by atoms with E-state index in [1.807, 2.05) is 65.5 Å². The molecule has 0 radical (unpaired) electrons. The number of hydrogen-bond donors (Lipinski definition) is 1. The summed E-state index contributed by atoms with van der Waals surface area (Å²) in [6.07, 6.45) is -1.55. The number of fused-ring (bicyclic) bond motifs is 1. The molecule has 0 saturated carbocycles. The van der Waals surface area contributed by atoms with Crippen LogP contribution in [0.4, 0.5) is 13.2 Å². The molecule has 0 aliphatic carbocycles. The summed E-state index contributed by atoms with van der Waals surface area (Å²) in [5, 5.41) is 4.49. The third kappa shape index (κ3) is 7.17. The maximum Gasteiger partial charge on any atom is 0.422 e. The molecular formula is C26H26ClF3N2O2. The van der Waals surface area contributed by atoms with E-state index in [2.05, 4.69) is 11.4 Å². The highest BCUT2D eigenvalue weighted by Gasteiger charge is 2.28. The van der Waals surface area contributed by atoms with Crippen LogP contribution in [0.25, 0.3) is 10.9 Å². The van der Waals surface area contributed by atoms with Crippen molar-refractivity contribution in [2.75, 3.05) is 13.2 Å². The zero-order valence-corrected chi connectivity index (χ0v) is 19.2. The molecular weight excluding hydrogens is 465 g/mol. The van der Waals surface area contributed by atoms with Gasteiger partial charge in [-0.3, -0.25) is 0 Å². The molecule has 0 unspecified atom stereocenters. The Bertz CT molecular complexity index is 1180. The summed E-state index contributed by atoms with van der Waals surface area (Å²) >= 11 is 0. The van der Waals surface area contributed by atoms with Crippen molar-refractivity contribution in [3.63, 3.8) is 0 Å². The standard InChI is InChI=1S/C26H25F3N2O2.ClH/c27-26(28,29)19-32-23-10-6-9-21(15-23)16-30-14-13-22-17-31(25-12-5-4-11-24(22)25)33-18-20-7-2-1-3-8-20;/h1-12,15,17,30H,13-14,16,18-19H2;1H. The number of nitrogens with zero attached hydrogens (tertiary/aromatic N) is 1. The number of ether oxygens (including phenoxy) is 1. The number of para-hydroxylation sites is 1. The van der Waals surface area contributed by atoms with Crippen LogP contribution in [0.15, 0.2) is 85.1 Å². The van der Waals surface area contributed by atoms with E-state index in [0.29, 0.717) is 19.7 Å². The topological polar surface area (TPSA) is 35.4 Å². The fraction of sp³-hybridized carbons (Fsp3) is 0.231. The molecule has 180 valence electrons. The van der Waals surface area contributed by atoms with E-state index in [9.17, 15) is 13.2 Å². The van der Waals surface area contributed by atoms with Crippen molar-refractivity contribution in [2.45, 2.75) is 25.7 Å². The quantitative estimate of drug-likeness (QED) is 0.278. The maximum absolute atomic E-state index is 12.4. The second kappa shape index (κ2) is 11.8. The predicted molar refractivity (Wildman–Crippen MR) is 129 cm³/mol. The van der Waals surface area contributed by atoms with E-state index in [-0.39, 0.29) is 18.2 Å². The minimum Gasteiger partial charge on any atom is -0.484 e. The molecule has 0 aliphatic heterocycles. The molecule has 0 spiro atoms. The molecule has 0 amide bonds. The average molecular weight is 491 g/mol. The van der Waals surface area contributed by atoms with Crippen molar-refractivity contribution in [2.24, 2.45) is 0 Å². The Labute approximate surface area is 202 Å². The van der Waals surface area contributed by atoms with Crippen LogP contribution in [-0.4, -0.2) is 24.1 Å². The first-order valence-electron chi connectivity index (χ1n) is 10.7. The molecule has 3 aromatic carbocycles. The van der Waals surface area contributed by atoms with Gasteiger partial charge in [0.05, 0.1) is 5.52 Å². The molecule has 0 aliphatic rings. The first-order valence-corrected chi connectivity index (χ1v) is 10.7. The third-order valence-electron chi connectivity index (χ3n) is 5.17. The van der Waals surface area contributed by atoms with E-state index >= 15 is 0 Å². The van der Waals surface area contributed by atoms with Gasteiger partial charge in [-0.1, -0.05) is 60.7 Å². The van der Waals surface area contributed by atoms with Crippen molar-refractivity contribution in [3.8, 4) is 5.75 Å². The maximum atomic E-state index is 12.4. The van der Waals surface area contributed by atoms with Gasteiger partial charge in [0.15, 0.2) is 6.61 Å². The third-order valence-corrected chi connectivity index (χ3v) is 5.17. The van der Waals surface area contributed by atoms with E-state index in [4.69, 9.17) is 9.57 Å². The molecule has 4 aromatic rings. The van der Waals surface area contributed by atoms with Gasteiger partial charge in [-0.2, -0.15) is 17.9 Å². The van der Waals surface area contributed by atoms with Crippen molar-refractivity contribution in [3.05, 3.63) is 102 Å². The molecule has 1 aromatic heterocycles. The summed E-state index contributed by atoms with van der Waals surface area (Å²) < 4.78 is 43.7.